The second-order valence-corrected chi connectivity index (χ2v) is 6.24. The SMILES string of the molecule is CCN(CC)CCCNc1c2ccccc2nc2cccc([N+](=O)[O-])c12. The number of pyridine rings is 1. The third kappa shape index (κ3) is 3.60. The Balaban J connectivity index is 2.01. The second-order valence-electron chi connectivity index (χ2n) is 6.24. The van der Waals surface area contributed by atoms with E-state index in [9.17, 15) is 10.1 Å². The number of nitro benzene ring substituents is 1. The van der Waals surface area contributed by atoms with Crippen LogP contribution in [-0.4, -0.2) is 41.0 Å². The number of aromatic nitrogens is 1. The van der Waals surface area contributed by atoms with Gasteiger partial charge in [-0.2, -0.15) is 0 Å². The number of anilines is 1. The van der Waals surface area contributed by atoms with Crippen LogP contribution in [0.15, 0.2) is 42.5 Å². The van der Waals surface area contributed by atoms with E-state index < -0.39 is 0 Å². The van der Waals surface area contributed by atoms with E-state index >= 15 is 0 Å². The molecule has 6 nitrogen and oxygen atoms in total. The molecule has 136 valence electrons. The lowest BCUT2D eigenvalue weighted by molar-refractivity contribution is -0.383. The van der Waals surface area contributed by atoms with Crippen molar-refractivity contribution in [3.05, 3.63) is 52.6 Å². The summed E-state index contributed by atoms with van der Waals surface area (Å²) >= 11 is 0. The van der Waals surface area contributed by atoms with E-state index in [-0.39, 0.29) is 10.6 Å². The molecule has 0 aliphatic heterocycles. The first-order chi connectivity index (χ1) is 12.7. The molecule has 0 saturated heterocycles. The molecule has 0 bridgehead atoms. The first-order valence-corrected chi connectivity index (χ1v) is 9.07. The Hall–Kier alpha value is -2.73. The highest BCUT2D eigenvalue weighted by atomic mass is 16.6. The Kier molecular flexibility index (Phi) is 5.63. The summed E-state index contributed by atoms with van der Waals surface area (Å²) in [6.07, 6.45) is 0.973. The predicted molar refractivity (Wildman–Crippen MR) is 107 cm³/mol. The van der Waals surface area contributed by atoms with Crippen LogP contribution in [0.3, 0.4) is 0 Å². The van der Waals surface area contributed by atoms with Crippen molar-refractivity contribution >= 4 is 33.2 Å². The molecule has 1 N–H and O–H groups in total. The lowest BCUT2D eigenvalue weighted by Crippen LogP contribution is -2.25. The van der Waals surface area contributed by atoms with Crippen molar-refractivity contribution in [3.8, 4) is 0 Å². The summed E-state index contributed by atoms with van der Waals surface area (Å²) in [6, 6.07) is 12.8. The van der Waals surface area contributed by atoms with Gasteiger partial charge in [0, 0.05) is 18.0 Å². The van der Waals surface area contributed by atoms with Gasteiger partial charge in [-0.05, 0) is 38.2 Å². The molecule has 0 spiro atoms. The first-order valence-electron chi connectivity index (χ1n) is 9.07. The van der Waals surface area contributed by atoms with E-state index in [1.807, 2.05) is 30.3 Å². The maximum absolute atomic E-state index is 11.5. The first kappa shape index (κ1) is 18.1. The quantitative estimate of drug-likeness (QED) is 0.281. The van der Waals surface area contributed by atoms with Crippen molar-refractivity contribution in [1.82, 2.24) is 9.88 Å². The van der Waals surface area contributed by atoms with Crippen molar-refractivity contribution in [2.45, 2.75) is 20.3 Å². The van der Waals surface area contributed by atoms with Crippen molar-refractivity contribution < 1.29 is 4.92 Å². The average Bonchev–Trinajstić information content (AvgIpc) is 2.66. The highest BCUT2D eigenvalue weighted by molar-refractivity contribution is 6.11. The zero-order valence-corrected chi connectivity index (χ0v) is 15.2. The molecule has 0 saturated carbocycles. The van der Waals surface area contributed by atoms with Crippen LogP contribution in [0.4, 0.5) is 11.4 Å². The monoisotopic (exact) mass is 352 g/mol. The zero-order valence-electron chi connectivity index (χ0n) is 15.2. The molecule has 0 fully saturated rings. The Morgan fingerprint density at radius 2 is 1.81 bits per heavy atom. The van der Waals surface area contributed by atoms with Crippen molar-refractivity contribution in [3.63, 3.8) is 0 Å². The molecule has 0 aliphatic rings. The third-order valence-corrected chi connectivity index (χ3v) is 4.73. The number of benzene rings is 2. The van der Waals surface area contributed by atoms with Crippen LogP contribution >= 0.6 is 0 Å². The minimum atomic E-state index is -0.333. The predicted octanol–water partition coefficient (Wildman–Crippen LogP) is 4.44. The number of nitrogens with zero attached hydrogens (tertiary/aromatic N) is 3. The second kappa shape index (κ2) is 8.10. The third-order valence-electron chi connectivity index (χ3n) is 4.73. The van der Waals surface area contributed by atoms with E-state index in [0.717, 1.165) is 49.2 Å². The van der Waals surface area contributed by atoms with Gasteiger partial charge in [0.25, 0.3) is 5.69 Å². The number of para-hydroxylation sites is 1. The van der Waals surface area contributed by atoms with Crippen LogP contribution < -0.4 is 5.32 Å². The van der Waals surface area contributed by atoms with Crippen molar-refractivity contribution in [2.75, 3.05) is 31.5 Å². The summed E-state index contributed by atoms with van der Waals surface area (Å²) in [5, 5.41) is 16.5. The van der Waals surface area contributed by atoms with Gasteiger partial charge in [-0.15, -0.1) is 0 Å². The molecule has 3 rings (SSSR count). The minimum absolute atomic E-state index is 0.0898. The number of hydrogen-bond acceptors (Lipinski definition) is 5. The number of rotatable bonds is 8. The van der Waals surface area contributed by atoms with E-state index in [4.69, 9.17) is 0 Å². The van der Waals surface area contributed by atoms with E-state index in [0.29, 0.717) is 10.9 Å². The van der Waals surface area contributed by atoms with Crippen molar-refractivity contribution in [1.29, 1.82) is 0 Å². The van der Waals surface area contributed by atoms with Crippen LogP contribution in [0.2, 0.25) is 0 Å². The van der Waals surface area contributed by atoms with Gasteiger partial charge in [0.2, 0.25) is 0 Å². The molecule has 6 heteroatoms. The summed E-state index contributed by atoms with van der Waals surface area (Å²) in [5.74, 6) is 0. The van der Waals surface area contributed by atoms with Gasteiger partial charge in [0.1, 0.15) is 5.39 Å². The minimum Gasteiger partial charge on any atom is -0.384 e. The Morgan fingerprint density at radius 1 is 1.08 bits per heavy atom. The van der Waals surface area contributed by atoms with Gasteiger partial charge >= 0.3 is 0 Å². The molecule has 0 radical (unpaired) electrons. The fourth-order valence-electron chi connectivity index (χ4n) is 3.32. The molecule has 2 aromatic carbocycles. The maximum Gasteiger partial charge on any atom is 0.280 e. The van der Waals surface area contributed by atoms with Gasteiger partial charge in [-0.25, -0.2) is 4.98 Å². The Bertz CT molecular complexity index is 922. The smallest absolute Gasteiger partial charge is 0.280 e. The van der Waals surface area contributed by atoms with Gasteiger partial charge in [0.05, 0.1) is 21.6 Å². The molecule has 1 aromatic heterocycles. The van der Waals surface area contributed by atoms with E-state index in [1.54, 1.807) is 12.1 Å². The standard InChI is InChI=1S/C20H24N4O2/c1-3-23(4-2)14-8-13-21-20-15-9-5-6-10-16(15)22-17-11-7-12-18(19(17)20)24(25)26/h5-7,9-12H,3-4,8,13-14H2,1-2H3,(H,21,22). The summed E-state index contributed by atoms with van der Waals surface area (Å²) in [5.41, 5.74) is 2.38. The largest absolute Gasteiger partial charge is 0.384 e. The number of fused-ring (bicyclic) bond motifs is 2. The maximum atomic E-state index is 11.5. The van der Waals surface area contributed by atoms with Gasteiger partial charge in [-0.1, -0.05) is 38.1 Å². The highest BCUT2D eigenvalue weighted by Crippen LogP contribution is 2.36. The van der Waals surface area contributed by atoms with E-state index in [2.05, 4.69) is 29.0 Å². The van der Waals surface area contributed by atoms with Crippen LogP contribution in [0, 0.1) is 10.1 Å². The zero-order chi connectivity index (χ0) is 18.5. The normalized spacial score (nSPS) is 11.3. The van der Waals surface area contributed by atoms with Crippen LogP contribution in [0.1, 0.15) is 20.3 Å². The van der Waals surface area contributed by atoms with Gasteiger partial charge in [0.15, 0.2) is 0 Å². The number of non-ortho nitro benzene ring substituents is 1. The summed E-state index contributed by atoms with van der Waals surface area (Å²) < 4.78 is 0. The molecular formula is C20H24N4O2. The van der Waals surface area contributed by atoms with Crippen molar-refractivity contribution in [2.24, 2.45) is 0 Å². The molecule has 0 atom stereocenters. The fourth-order valence-corrected chi connectivity index (χ4v) is 3.32. The fraction of sp³-hybridized carbons (Fsp3) is 0.350. The molecule has 0 amide bonds. The van der Waals surface area contributed by atoms with Gasteiger partial charge < -0.3 is 10.2 Å². The van der Waals surface area contributed by atoms with E-state index in [1.165, 1.54) is 0 Å². The lowest BCUT2D eigenvalue weighted by Gasteiger charge is -2.18. The van der Waals surface area contributed by atoms with Gasteiger partial charge in [-0.3, -0.25) is 10.1 Å². The van der Waals surface area contributed by atoms with Crippen LogP contribution in [-0.2, 0) is 0 Å². The lowest BCUT2D eigenvalue weighted by atomic mass is 10.1. The molecule has 26 heavy (non-hydrogen) atoms. The topological polar surface area (TPSA) is 71.3 Å². The molecule has 1 heterocycles. The number of nitro groups is 1. The average molecular weight is 352 g/mol. The molecule has 3 aromatic rings. The number of hydrogen-bond donors (Lipinski definition) is 1. The Morgan fingerprint density at radius 3 is 2.54 bits per heavy atom. The summed E-state index contributed by atoms with van der Waals surface area (Å²) in [7, 11) is 0. The summed E-state index contributed by atoms with van der Waals surface area (Å²) in [6.45, 7) is 8.13. The molecule has 0 aliphatic carbocycles. The Labute approximate surface area is 153 Å². The van der Waals surface area contributed by atoms with Crippen LogP contribution in [0.5, 0.6) is 0 Å². The molecular weight excluding hydrogens is 328 g/mol. The number of nitrogens with one attached hydrogen (secondary N) is 1. The molecule has 0 unspecified atom stereocenters. The highest BCUT2D eigenvalue weighted by Gasteiger charge is 2.18. The van der Waals surface area contributed by atoms with Crippen LogP contribution in [0.25, 0.3) is 21.8 Å². The summed E-state index contributed by atoms with van der Waals surface area (Å²) in [4.78, 5) is 18.2.